The normalized spacial score (nSPS) is 30.5. The number of carbonyl (C=O) groups excluding carboxylic acids is 1. The van der Waals surface area contributed by atoms with E-state index in [0.717, 1.165) is 44.9 Å². The molecule has 2 rings (SSSR count). The third-order valence-corrected chi connectivity index (χ3v) is 6.94. The van der Waals surface area contributed by atoms with Crippen LogP contribution in [0.3, 0.4) is 0 Å². The Bertz CT molecular complexity index is 544. The number of ether oxygens (including phenoxy) is 1. The van der Waals surface area contributed by atoms with Crippen molar-refractivity contribution in [2.45, 2.75) is 122 Å². The fraction of sp³-hybridized carbons (Fsp3) is 0.808. The van der Waals surface area contributed by atoms with E-state index in [0.29, 0.717) is 17.9 Å². The summed E-state index contributed by atoms with van der Waals surface area (Å²) in [6.45, 7) is 6.42. The molecule has 1 heterocycles. The zero-order valence-electron chi connectivity index (χ0n) is 19.5. The first-order valence-electron chi connectivity index (χ1n) is 12.5. The summed E-state index contributed by atoms with van der Waals surface area (Å²) in [6.07, 6.45) is 20.6. The predicted octanol–water partition coefficient (Wildman–Crippen LogP) is 5.70. The number of hydrogen-bond donors (Lipinski definition) is 2. The van der Waals surface area contributed by atoms with Gasteiger partial charge in [0.25, 0.3) is 0 Å². The molecule has 6 atom stereocenters. The molecule has 0 aromatic heterocycles. The first-order valence-corrected chi connectivity index (χ1v) is 12.5. The number of piperidine rings is 1. The third-order valence-electron chi connectivity index (χ3n) is 6.94. The van der Waals surface area contributed by atoms with Gasteiger partial charge in [0.05, 0.1) is 6.10 Å². The lowest BCUT2D eigenvalue weighted by molar-refractivity contribution is -0.148. The number of nitrogens with one attached hydrogen (secondary N) is 1. The number of allylic oxidation sites excluding steroid dienone is 3. The van der Waals surface area contributed by atoms with E-state index in [1.165, 1.54) is 32.1 Å². The summed E-state index contributed by atoms with van der Waals surface area (Å²) in [5.41, 5.74) is 0. The Balaban J connectivity index is 1.82. The second kappa shape index (κ2) is 14.0. The van der Waals surface area contributed by atoms with Crippen LogP contribution in [0.2, 0.25) is 0 Å². The quantitative estimate of drug-likeness (QED) is 0.184. The number of carbonyl (C=O) groups is 1. The minimum Gasteiger partial charge on any atom is -0.458 e. The molecule has 0 amide bonds. The summed E-state index contributed by atoms with van der Waals surface area (Å²) in [5.74, 6) is 1.08. The molecule has 1 saturated heterocycles. The van der Waals surface area contributed by atoms with Crippen LogP contribution < -0.4 is 5.32 Å². The Morgan fingerprint density at radius 3 is 2.77 bits per heavy atom. The van der Waals surface area contributed by atoms with Gasteiger partial charge in [-0.1, -0.05) is 77.0 Å². The first kappa shape index (κ1) is 25.1. The maximum Gasteiger partial charge on any atom is 0.331 e. The van der Waals surface area contributed by atoms with Crippen molar-refractivity contribution in [3.8, 4) is 0 Å². The van der Waals surface area contributed by atoms with Crippen LogP contribution in [-0.2, 0) is 9.53 Å². The molecular formula is C26H45NO3. The van der Waals surface area contributed by atoms with E-state index in [4.69, 9.17) is 4.74 Å². The fourth-order valence-corrected chi connectivity index (χ4v) is 5.27. The van der Waals surface area contributed by atoms with Crippen molar-refractivity contribution in [2.24, 2.45) is 11.8 Å². The lowest BCUT2D eigenvalue weighted by atomic mass is 9.68. The second-order valence-corrected chi connectivity index (χ2v) is 9.43. The van der Waals surface area contributed by atoms with Gasteiger partial charge in [-0.05, 0) is 50.9 Å². The monoisotopic (exact) mass is 419 g/mol. The molecule has 0 radical (unpaired) electrons. The summed E-state index contributed by atoms with van der Waals surface area (Å²) >= 11 is 0. The third kappa shape index (κ3) is 8.55. The van der Waals surface area contributed by atoms with E-state index < -0.39 is 0 Å². The van der Waals surface area contributed by atoms with E-state index in [1.54, 1.807) is 12.2 Å². The Labute approximate surface area is 184 Å². The second-order valence-electron chi connectivity index (χ2n) is 9.43. The van der Waals surface area contributed by atoms with Gasteiger partial charge < -0.3 is 15.2 Å². The van der Waals surface area contributed by atoms with Gasteiger partial charge in [-0.2, -0.15) is 0 Å². The lowest BCUT2D eigenvalue weighted by Gasteiger charge is -2.47. The number of unbranched alkanes of at least 4 members (excludes halogenated alkanes) is 2. The smallest absolute Gasteiger partial charge is 0.331 e. The van der Waals surface area contributed by atoms with Gasteiger partial charge in [0, 0.05) is 18.2 Å². The van der Waals surface area contributed by atoms with Crippen LogP contribution in [0.15, 0.2) is 24.3 Å². The number of aliphatic hydroxyl groups excluding tert-OH is 1. The van der Waals surface area contributed by atoms with Gasteiger partial charge in [0.1, 0.15) is 6.10 Å². The van der Waals surface area contributed by atoms with E-state index in [-0.39, 0.29) is 24.2 Å². The number of aliphatic hydroxyl groups is 1. The van der Waals surface area contributed by atoms with Crippen LogP contribution in [-0.4, -0.2) is 35.4 Å². The number of esters is 1. The van der Waals surface area contributed by atoms with Crippen molar-refractivity contribution in [1.29, 1.82) is 0 Å². The van der Waals surface area contributed by atoms with Crippen LogP contribution >= 0.6 is 0 Å². The van der Waals surface area contributed by atoms with Gasteiger partial charge in [-0.25, -0.2) is 4.79 Å². The molecule has 2 fully saturated rings. The van der Waals surface area contributed by atoms with Crippen molar-refractivity contribution in [3.05, 3.63) is 24.3 Å². The van der Waals surface area contributed by atoms with E-state index >= 15 is 0 Å². The zero-order valence-corrected chi connectivity index (χ0v) is 19.5. The summed E-state index contributed by atoms with van der Waals surface area (Å²) < 4.78 is 5.84. The fourth-order valence-electron chi connectivity index (χ4n) is 5.27. The minimum atomic E-state index is -0.231. The Hall–Kier alpha value is -1.13. The molecule has 4 heteroatoms. The standard InChI is InChI=1S/C26H45NO3/c1-4-6-7-8-9-18-26(29)30-25-19-23-21(14-10-11-16-22(28)13-5-2)15-12-17-24(23)27-20(25)3/h7-9,18,20-25,27-28H,4-6,10-17,19H2,1-3H3/b8-7+,18-9+/t20-,21-,22?,23?,24?,25+/m0/s1. The van der Waals surface area contributed by atoms with Crippen molar-refractivity contribution < 1.29 is 14.6 Å². The molecule has 0 bridgehead atoms. The van der Waals surface area contributed by atoms with E-state index in [2.05, 4.69) is 32.2 Å². The summed E-state index contributed by atoms with van der Waals surface area (Å²) in [4.78, 5) is 12.3. The minimum absolute atomic E-state index is 0.0463. The molecule has 3 unspecified atom stereocenters. The molecular weight excluding hydrogens is 374 g/mol. The SMILES string of the molecule is CCC/C=C/C=C/C(=O)O[C@@H]1CC2C(CCC[C@@H]2CCCCC(O)CCC)N[C@H]1C. The van der Waals surface area contributed by atoms with Crippen LogP contribution in [0.4, 0.5) is 0 Å². The van der Waals surface area contributed by atoms with Crippen molar-refractivity contribution >= 4 is 5.97 Å². The van der Waals surface area contributed by atoms with E-state index in [9.17, 15) is 9.90 Å². The molecule has 0 aromatic rings. The highest BCUT2D eigenvalue weighted by Gasteiger charge is 2.41. The van der Waals surface area contributed by atoms with Gasteiger partial charge in [-0.3, -0.25) is 0 Å². The first-order chi connectivity index (χ1) is 14.5. The molecule has 2 aliphatic rings. The molecule has 30 heavy (non-hydrogen) atoms. The molecule has 1 saturated carbocycles. The topological polar surface area (TPSA) is 58.6 Å². The highest BCUT2D eigenvalue weighted by molar-refractivity contribution is 5.82. The van der Waals surface area contributed by atoms with Gasteiger partial charge in [0.15, 0.2) is 0 Å². The Morgan fingerprint density at radius 1 is 1.17 bits per heavy atom. The molecule has 0 spiro atoms. The van der Waals surface area contributed by atoms with Gasteiger partial charge in [-0.15, -0.1) is 0 Å². The average molecular weight is 420 g/mol. The summed E-state index contributed by atoms with van der Waals surface area (Å²) in [7, 11) is 0. The number of fused-ring (bicyclic) bond motifs is 1. The van der Waals surface area contributed by atoms with Gasteiger partial charge in [0.2, 0.25) is 0 Å². The molecule has 1 aliphatic heterocycles. The number of hydrogen-bond acceptors (Lipinski definition) is 4. The van der Waals surface area contributed by atoms with Crippen LogP contribution in [0, 0.1) is 11.8 Å². The molecule has 4 nitrogen and oxygen atoms in total. The van der Waals surface area contributed by atoms with Crippen molar-refractivity contribution in [1.82, 2.24) is 5.32 Å². The largest absolute Gasteiger partial charge is 0.458 e. The molecule has 2 N–H and O–H groups in total. The van der Waals surface area contributed by atoms with Crippen LogP contribution in [0.1, 0.15) is 97.8 Å². The van der Waals surface area contributed by atoms with Crippen LogP contribution in [0.5, 0.6) is 0 Å². The Kier molecular flexibility index (Phi) is 11.8. The summed E-state index contributed by atoms with van der Waals surface area (Å²) in [6, 6.07) is 0.772. The molecule has 172 valence electrons. The summed E-state index contributed by atoms with van der Waals surface area (Å²) in [5, 5.41) is 13.7. The maximum atomic E-state index is 12.3. The molecule has 1 aliphatic carbocycles. The predicted molar refractivity (Wildman–Crippen MR) is 124 cm³/mol. The van der Waals surface area contributed by atoms with Gasteiger partial charge >= 0.3 is 5.97 Å². The molecule has 0 aromatic carbocycles. The van der Waals surface area contributed by atoms with E-state index in [1.807, 2.05) is 6.08 Å². The maximum absolute atomic E-state index is 12.3. The van der Waals surface area contributed by atoms with Crippen molar-refractivity contribution in [2.75, 3.05) is 0 Å². The van der Waals surface area contributed by atoms with Crippen molar-refractivity contribution in [3.63, 3.8) is 0 Å². The van der Waals surface area contributed by atoms with Crippen LogP contribution in [0.25, 0.3) is 0 Å². The highest BCUT2D eigenvalue weighted by Crippen LogP contribution is 2.40. The lowest BCUT2D eigenvalue weighted by Crippen LogP contribution is -2.57. The highest BCUT2D eigenvalue weighted by atomic mass is 16.5. The Morgan fingerprint density at radius 2 is 2.00 bits per heavy atom. The zero-order chi connectivity index (χ0) is 21.8. The average Bonchev–Trinajstić information content (AvgIpc) is 2.72. The number of rotatable bonds is 12.